The van der Waals surface area contributed by atoms with Crippen molar-refractivity contribution >= 4 is 28.3 Å². The summed E-state index contributed by atoms with van der Waals surface area (Å²) in [5.74, 6) is 1.02. The Morgan fingerprint density at radius 1 is 1.26 bits per heavy atom. The predicted octanol–water partition coefficient (Wildman–Crippen LogP) is 3.29. The second-order valence-corrected chi connectivity index (χ2v) is 5.08. The molecule has 0 spiro atoms. The number of pyridine rings is 1. The van der Waals surface area contributed by atoms with Crippen LogP contribution in [0.5, 0.6) is 0 Å². The molecule has 2 aromatic rings. The van der Waals surface area contributed by atoms with E-state index in [1.165, 1.54) is 0 Å². The van der Waals surface area contributed by atoms with Gasteiger partial charge in [-0.3, -0.25) is 0 Å². The summed E-state index contributed by atoms with van der Waals surface area (Å²) in [6.07, 6.45) is 0.892. The van der Waals surface area contributed by atoms with Gasteiger partial charge in [0.1, 0.15) is 5.82 Å². The zero-order chi connectivity index (χ0) is 13.2. The SMILES string of the molecule is CCc1c(N2CCOCC2)nc2ccccc2c1Cl. The van der Waals surface area contributed by atoms with Gasteiger partial charge in [-0.15, -0.1) is 0 Å². The van der Waals surface area contributed by atoms with Crippen molar-refractivity contribution < 1.29 is 4.74 Å². The van der Waals surface area contributed by atoms with E-state index in [0.717, 1.165) is 60.0 Å². The smallest absolute Gasteiger partial charge is 0.134 e. The lowest BCUT2D eigenvalue weighted by Crippen LogP contribution is -2.37. The third-order valence-electron chi connectivity index (χ3n) is 3.57. The van der Waals surface area contributed by atoms with Crippen molar-refractivity contribution in [1.82, 2.24) is 4.98 Å². The van der Waals surface area contributed by atoms with Gasteiger partial charge in [0, 0.05) is 24.0 Å². The Labute approximate surface area is 118 Å². The van der Waals surface area contributed by atoms with E-state index in [9.17, 15) is 0 Å². The van der Waals surface area contributed by atoms with E-state index in [0.29, 0.717) is 0 Å². The van der Waals surface area contributed by atoms with Crippen LogP contribution in [0.4, 0.5) is 5.82 Å². The fraction of sp³-hybridized carbons (Fsp3) is 0.400. The van der Waals surface area contributed by atoms with E-state index in [4.69, 9.17) is 21.3 Å². The van der Waals surface area contributed by atoms with Crippen molar-refractivity contribution in [2.75, 3.05) is 31.2 Å². The van der Waals surface area contributed by atoms with Crippen LogP contribution >= 0.6 is 11.6 Å². The van der Waals surface area contributed by atoms with E-state index in [1.807, 2.05) is 24.3 Å². The van der Waals surface area contributed by atoms with Crippen LogP contribution in [0.1, 0.15) is 12.5 Å². The Morgan fingerprint density at radius 2 is 2.00 bits per heavy atom. The predicted molar refractivity (Wildman–Crippen MR) is 79.2 cm³/mol. The summed E-state index contributed by atoms with van der Waals surface area (Å²) in [7, 11) is 0. The Bertz CT molecular complexity index is 594. The topological polar surface area (TPSA) is 25.4 Å². The van der Waals surface area contributed by atoms with Gasteiger partial charge in [-0.2, -0.15) is 0 Å². The molecule has 0 radical (unpaired) electrons. The van der Waals surface area contributed by atoms with Crippen LogP contribution in [0, 0.1) is 0 Å². The Morgan fingerprint density at radius 3 is 2.74 bits per heavy atom. The molecule has 4 heteroatoms. The molecule has 1 aliphatic heterocycles. The minimum atomic E-state index is 0.759. The summed E-state index contributed by atoms with van der Waals surface area (Å²) in [5.41, 5.74) is 2.11. The van der Waals surface area contributed by atoms with Gasteiger partial charge in [-0.1, -0.05) is 36.7 Å². The molecular formula is C15H17ClN2O. The van der Waals surface area contributed by atoms with Crippen molar-refractivity contribution in [3.8, 4) is 0 Å². The number of hydrogen-bond donors (Lipinski definition) is 0. The largest absolute Gasteiger partial charge is 0.378 e. The van der Waals surface area contributed by atoms with E-state index in [1.54, 1.807) is 0 Å². The number of benzene rings is 1. The van der Waals surface area contributed by atoms with Crippen LogP contribution in [-0.2, 0) is 11.2 Å². The molecule has 0 atom stereocenters. The number of fused-ring (bicyclic) bond motifs is 1. The van der Waals surface area contributed by atoms with Crippen molar-refractivity contribution in [2.45, 2.75) is 13.3 Å². The molecule has 1 aliphatic rings. The van der Waals surface area contributed by atoms with Gasteiger partial charge < -0.3 is 9.64 Å². The summed E-state index contributed by atoms with van der Waals surface area (Å²) in [5, 5.41) is 1.88. The van der Waals surface area contributed by atoms with E-state index < -0.39 is 0 Å². The average molecular weight is 277 g/mol. The van der Waals surface area contributed by atoms with Gasteiger partial charge >= 0.3 is 0 Å². The molecule has 0 N–H and O–H groups in total. The highest BCUT2D eigenvalue weighted by Gasteiger charge is 2.19. The fourth-order valence-corrected chi connectivity index (χ4v) is 2.93. The number of aromatic nitrogens is 1. The molecule has 2 heterocycles. The van der Waals surface area contributed by atoms with Crippen LogP contribution in [0.15, 0.2) is 24.3 Å². The van der Waals surface area contributed by atoms with Gasteiger partial charge in [-0.25, -0.2) is 4.98 Å². The molecular weight excluding hydrogens is 260 g/mol. The number of anilines is 1. The summed E-state index contributed by atoms with van der Waals surface area (Å²) < 4.78 is 5.41. The number of halogens is 1. The standard InChI is InChI=1S/C15H17ClN2O/c1-2-11-14(16)12-5-3-4-6-13(12)17-15(11)18-7-9-19-10-8-18/h3-6H,2,7-10H2,1H3. The molecule has 0 aliphatic carbocycles. The molecule has 100 valence electrons. The fourth-order valence-electron chi connectivity index (χ4n) is 2.55. The Kier molecular flexibility index (Phi) is 3.58. The first kappa shape index (κ1) is 12.7. The van der Waals surface area contributed by atoms with E-state index in [2.05, 4.69) is 11.8 Å². The maximum absolute atomic E-state index is 6.57. The van der Waals surface area contributed by atoms with Crippen molar-refractivity contribution in [1.29, 1.82) is 0 Å². The second-order valence-electron chi connectivity index (χ2n) is 4.70. The number of nitrogens with zero attached hydrogens (tertiary/aromatic N) is 2. The second kappa shape index (κ2) is 5.35. The molecule has 0 unspecified atom stereocenters. The van der Waals surface area contributed by atoms with Crippen molar-refractivity contribution in [3.05, 3.63) is 34.9 Å². The molecule has 0 amide bonds. The molecule has 3 nitrogen and oxygen atoms in total. The average Bonchev–Trinajstić information content (AvgIpc) is 2.48. The number of morpholine rings is 1. The highest BCUT2D eigenvalue weighted by atomic mass is 35.5. The van der Waals surface area contributed by atoms with Gasteiger partial charge in [0.25, 0.3) is 0 Å². The lowest BCUT2D eigenvalue weighted by molar-refractivity contribution is 0.122. The zero-order valence-electron chi connectivity index (χ0n) is 11.0. The Hall–Kier alpha value is -1.32. The quantitative estimate of drug-likeness (QED) is 0.842. The third-order valence-corrected chi connectivity index (χ3v) is 4.00. The lowest BCUT2D eigenvalue weighted by Gasteiger charge is -2.30. The zero-order valence-corrected chi connectivity index (χ0v) is 11.8. The molecule has 1 aromatic heterocycles. The van der Waals surface area contributed by atoms with E-state index in [-0.39, 0.29) is 0 Å². The molecule has 1 saturated heterocycles. The van der Waals surface area contributed by atoms with Crippen LogP contribution < -0.4 is 4.90 Å². The first-order valence-electron chi connectivity index (χ1n) is 6.71. The van der Waals surface area contributed by atoms with Crippen LogP contribution in [0.3, 0.4) is 0 Å². The van der Waals surface area contributed by atoms with Gasteiger partial charge in [0.05, 0.1) is 23.8 Å². The first-order chi connectivity index (χ1) is 9.31. The lowest BCUT2D eigenvalue weighted by atomic mass is 10.1. The summed E-state index contributed by atoms with van der Waals surface area (Å²) in [4.78, 5) is 7.09. The van der Waals surface area contributed by atoms with Crippen molar-refractivity contribution in [2.24, 2.45) is 0 Å². The molecule has 0 saturated carbocycles. The monoisotopic (exact) mass is 276 g/mol. The van der Waals surface area contributed by atoms with Crippen LogP contribution in [0.2, 0.25) is 5.02 Å². The molecule has 0 bridgehead atoms. The van der Waals surface area contributed by atoms with Crippen LogP contribution in [-0.4, -0.2) is 31.3 Å². The molecule has 3 rings (SSSR count). The van der Waals surface area contributed by atoms with Gasteiger partial charge in [0.2, 0.25) is 0 Å². The van der Waals surface area contributed by atoms with Gasteiger partial charge in [-0.05, 0) is 12.5 Å². The maximum Gasteiger partial charge on any atom is 0.134 e. The minimum absolute atomic E-state index is 0.759. The van der Waals surface area contributed by atoms with Crippen LogP contribution in [0.25, 0.3) is 10.9 Å². The first-order valence-corrected chi connectivity index (χ1v) is 7.09. The summed E-state index contributed by atoms with van der Waals surface area (Å²) in [6, 6.07) is 8.06. The molecule has 19 heavy (non-hydrogen) atoms. The molecule has 1 fully saturated rings. The number of ether oxygens (including phenoxy) is 1. The molecule has 1 aromatic carbocycles. The van der Waals surface area contributed by atoms with Gasteiger partial charge in [0.15, 0.2) is 0 Å². The number of hydrogen-bond acceptors (Lipinski definition) is 3. The maximum atomic E-state index is 6.57. The highest BCUT2D eigenvalue weighted by Crippen LogP contribution is 2.33. The van der Waals surface area contributed by atoms with Crippen molar-refractivity contribution in [3.63, 3.8) is 0 Å². The number of rotatable bonds is 2. The Balaban J connectivity index is 2.16. The summed E-state index contributed by atoms with van der Waals surface area (Å²) >= 11 is 6.57. The van der Waals surface area contributed by atoms with E-state index >= 15 is 0 Å². The summed E-state index contributed by atoms with van der Waals surface area (Å²) in [6.45, 7) is 5.41. The minimum Gasteiger partial charge on any atom is -0.378 e. The third kappa shape index (κ3) is 2.28. The normalized spacial score (nSPS) is 16.0. The number of para-hydroxylation sites is 1. The highest BCUT2D eigenvalue weighted by molar-refractivity contribution is 6.36.